The molecule has 0 radical (unpaired) electrons. The Morgan fingerprint density at radius 2 is 1.91 bits per heavy atom. The smallest absolute Gasteiger partial charge is 0.312 e. The van der Waals surface area contributed by atoms with E-state index in [0.717, 1.165) is 18.4 Å². The maximum absolute atomic E-state index is 14.5. The number of hydrogen-bond acceptors (Lipinski definition) is 3. The molecule has 3 nitrogen and oxygen atoms in total. The van der Waals surface area contributed by atoms with Crippen LogP contribution < -0.4 is 0 Å². The second kappa shape index (κ2) is 6.19. The van der Waals surface area contributed by atoms with Crippen molar-refractivity contribution in [3.05, 3.63) is 53.9 Å². The Balaban J connectivity index is 1.87. The SMILES string of the molecule is C=C/C(=C\C)c1ccc(C23OCC(CCC)(CO2)CO3)cc1F. The van der Waals surface area contributed by atoms with Gasteiger partial charge in [-0.1, -0.05) is 44.2 Å². The van der Waals surface area contributed by atoms with Crippen LogP contribution in [0.5, 0.6) is 0 Å². The normalized spacial score (nSPS) is 30.5. The van der Waals surface area contributed by atoms with Crippen molar-refractivity contribution in [1.29, 1.82) is 0 Å². The maximum atomic E-state index is 14.5. The summed E-state index contributed by atoms with van der Waals surface area (Å²) in [5.74, 6) is -1.60. The Hall–Kier alpha value is -1.49. The standard InChI is InChI=1S/C19H23FO3/c1-4-9-18-11-21-19(22-12-18,23-13-18)15-7-8-16(17(20)10-15)14(5-2)6-3/h5-8,10H,2,4,9,11-13H2,1,3H3/b14-6+. The molecule has 2 bridgehead atoms. The second-order valence-corrected chi connectivity index (χ2v) is 6.31. The van der Waals surface area contributed by atoms with Gasteiger partial charge in [-0.3, -0.25) is 0 Å². The molecule has 0 aromatic heterocycles. The molecule has 4 heteroatoms. The van der Waals surface area contributed by atoms with Gasteiger partial charge in [-0.2, -0.15) is 0 Å². The Labute approximate surface area is 136 Å². The summed E-state index contributed by atoms with van der Waals surface area (Å²) < 4.78 is 32.1. The van der Waals surface area contributed by atoms with Gasteiger partial charge in [0.1, 0.15) is 5.82 Å². The van der Waals surface area contributed by atoms with E-state index in [1.165, 1.54) is 6.07 Å². The van der Waals surface area contributed by atoms with Crippen LogP contribution in [-0.4, -0.2) is 19.8 Å². The van der Waals surface area contributed by atoms with Gasteiger partial charge in [-0.05, 0) is 25.0 Å². The van der Waals surface area contributed by atoms with Crippen LogP contribution in [-0.2, 0) is 20.2 Å². The van der Waals surface area contributed by atoms with E-state index < -0.39 is 5.97 Å². The first-order chi connectivity index (χ1) is 11.1. The fourth-order valence-electron chi connectivity index (χ4n) is 3.31. The van der Waals surface area contributed by atoms with Crippen molar-refractivity contribution in [1.82, 2.24) is 0 Å². The highest BCUT2D eigenvalue weighted by molar-refractivity contribution is 5.73. The number of ether oxygens (including phenoxy) is 3. The first-order valence-corrected chi connectivity index (χ1v) is 8.09. The van der Waals surface area contributed by atoms with Crippen LogP contribution in [0.4, 0.5) is 4.39 Å². The first kappa shape index (κ1) is 16.4. The number of halogens is 1. The Morgan fingerprint density at radius 3 is 2.39 bits per heavy atom. The van der Waals surface area contributed by atoms with Crippen LogP contribution in [0, 0.1) is 11.2 Å². The minimum Gasteiger partial charge on any atom is -0.323 e. The molecule has 0 atom stereocenters. The van der Waals surface area contributed by atoms with Gasteiger partial charge >= 0.3 is 5.97 Å². The fourth-order valence-corrected chi connectivity index (χ4v) is 3.31. The first-order valence-electron chi connectivity index (χ1n) is 8.09. The van der Waals surface area contributed by atoms with Crippen molar-refractivity contribution in [2.45, 2.75) is 32.7 Å². The van der Waals surface area contributed by atoms with Crippen LogP contribution in [0.3, 0.4) is 0 Å². The van der Waals surface area contributed by atoms with Crippen LogP contribution >= 0.6 is 0 Å². The quantitative estimate of drug-likeness (QED) is 0.754. The van der Waals surface area contributed by atoms with Gasteiger partial charge in [0.25, 0.3) is 0 Å². The third-order valence-corrected chi connectivity index (χ3v) is 4.65. The summed E-state index contributed by atoms with van der Waals surface area (Å²) in [6.45, 7) is 9.45. The van der Waals surface area contributed by atoms with E-state index in [2.05, 4.69) is 13.5 Å². The lowest BCUT2D eigenvalue weighted by molar-refractivity contribution is -0.480. The molecule has 3 saturated heterocycles. The number of allylic oxidation sites excluding steroid dienone is 3. The number of fused-ring (bicyclic) bond motifs is 3. The highest BCUT2D eigenvalue weighted by Gasteiger charge is 2.53. The fraction of sp³-hybridized carbons (Fsp3) is 0.474. The average molecular weight is 318 g/mol. The third-order valence-electron chi connectivity index (χ3n) is 4.65. The predicted molar refractivity (Wildman–Crippen MR) is 87.1 cm³/mol. The van der Waals surface area contributed by atoms with E-state index >= 15 is 0 Å². The predicted octanol–water partition coefficient (Wildman–Crippen LogP) is 4.39. The molecule has 1 aromatic carbocycles. The average Bonchev–Trinajstić information content (AvgIpc) is 2.59. The van der Waals surface area contributed by atoms with Gasteiger partial charge in [-0.15, -0.1) is 0 Å². The highest BCUT2D eigenvalue weighted by Crippen LogP contribution is 2.46. The van der Waals surface area contributed by atoms with Crippen molar-refractivity contribution in [3.8, 4) is 0 Å². The van der Waals surface area contributed by atoms with Gasteiger partial charge in [0.2, 0.25) is 0 Å². The van der Waals surface area contributed by atoms with Crippen molar-refractivity contribution in [2.75, 3.05) is 19.8 Å². The Kier molecular flexibility index (Phi) is 4.41. The summed E-state index contributed by atoms with van der Waals surface area (Å²) in [6, 6.07) is 4.94. The summed E-state index contributed by atoms with van der Waals surface area (Å²) in [6.07, 6.45) is 5.52. The van der Waals surface area contributed by atoms with Crippen LogP contribution in [0.1, 0.15) is 37.8 Å². The van der Waals surface area contributed by atoms with Crippen molar-refractivity contribution < 1.29 is 18.6 Å². The molecule has 23 heavy (non-hydrogen) atoms. The summed E-state index contributed by atoms with van der Waals surface area (Å²) in [4.78, 5) is 0. The molecule has 3 heterocycles. The second-order valence-electron chi connectivity index (χ2n) is 6.31. The lowest BCUT2D eigenvalue weighted by Gasteiger charge is -2.51. The molecule has 0 unspecified atom stereocenters. The lowest BCUT2D eigenvalue weighted by Crippen LogP contribution is -2.58. The van der Waals surface area contributed by atoms with Crippen LogP contribution in [0.15, 0.2) is 36.9 Å². The van der Waals surface area contributed by atoms with Gasteiger partial charge in [0.15, 0.2) is 0 Å². The van der Waals surface area contributed by atoms with Crippen molar-refractivity contribution >= 4 is 5.57 Å². The highest BCUT2D eigenvalue weighted by atomic mass is 19.1. The topological polar surface area (TPSA) is 27.7 Å². The van der Waals surface area contributed by atoms with Crippen molar-refractivity contribution in [3.63, 3.8) is 0 Å². The zero-order valence-electron chi connectivity index (χ0n) is 13.7. The Morgan fingerprint density at radius 1 is 1.26 bits per heavy atom. The zero-order valence-corrected chi connectivity index (χ0v) is 13.7. The van der Waals surface area contributed by atoms with Crippen LogP contribution in [0.2, 0.25) is 0 Å². The Bertz CT molecular complexity index is 611. The number of hydrogen-bond donors (Lipinski definition) is 0. The summed E-state index contributed by atoms with van der Waals surface area (Å²) in [7, 11) is 0. The van der Waals surface area contributed by atoms with E-state index in [-0.39, 0.29) is 11.2 Å². The molecule has 0 N–H and O–H groups in total. The number of rotatable bonds is 5. The van der Waals surface area contributed by atoms with Gasteiger partial charge < -0.3 is 14.2 Å². The van der Waals surface area contributed by atoms with E-state index in [9.17, 15) is 4.39 Å². The zero-order chi connectivity index (χ0) is 16.5. The van der Waals surface area contributed by atoms with Gasteiger partial charge in [-0.25, -0.2) is 4.39 Å². The molecule has 0 saturated carbocycles. The molecule has 0 spiro atoms. The molecule has 3 aliphatic heterocycles. The molecular weight excluding hydrogens is 295 g/mol. The van der Waals surface area contributed by atoms with E-state index in [1.807, 2.05) is 13.0 Å². The minimum absolute atomic E-state index is 0.0596. The molecule has 4 rings (SSSR count). The maximum Gasteiger partial charge on any atom is 0.312 e. The van der Waals surface area contributed by atoms with Crippen LogP contribution in [0.25, 0.3) is 5.57 Å². The molecule has 0 amide bonds. The molecule has 3 fully saturated rings. The minimum atomic E-state index is -1.26. The summed E-state index contributed by atoms with van der Waals surface area (Å²) in [5, 5.41) is 0. The van der Waals surface area contributed by atoms with E-state index in [4.69, 9.17) is 14.2 Å². The molecule has 0 aliphatic carbocycles. The van der Waals surface area contributed by atoms with Gasteiger partial charge in [0, 0.05) is 16.5 Å². The summed E-state index contributed by atoms with van der Waals surface area (Å²) >= 11 is 0. The third kappa shape index (κ3) is 2.75. The van der Waals surface area contributed by atoms with E-state index in [1.54, 1.807) is 18.2 Å². The monoisotopic (exact) mass is 318 g/mol. The van der Waals surface area contributed by atoms with E-state index in [0.29, 0.717) is 30.9 Å². The number of benzene rings is 1. The molecular formula is C19H23FO3. The largest absolute Gasteiger partial charge is 0.323 e. The van der Waals surface area contributed by atoms with Crippen molar-refractivity contribution in [2.24, 2.45) is 5.41 Å². The molecule has 1 aromatic rings. The lowest BCUT2D eigenvalue weighted by atomic mass is 9.83. The molecule has 3 aliphatic rings. The molecule has 124 valence electrons. The van der Waals surface area contributed by atoms with Gasteiger partial charge in [0.05, 0.1) is 19.8 Å². The summed E-state index contributed by atoms with van der Waals surface area (Å²) in [5.41, 5.74) is 1.76.